The summed E-state index contributed by atoms with van der Waals surface area (Å²) in [6.45, 7) is 4.15. The summed E-state index contributed by atoms with van der Waals surface area (Å²) in [6.07, 6.45) is 1.18. The lowest BCUT2D eigenvalue weighted by Gasteiger charge is -2.39. The number of fused-ring (bicyclic) bond motifs is 3. The van der Waals surface area contributed by atoms with Gasteiger partial charge in [0.25, 0.3) is 0 Å². The molecule has 2 aliphatic rings. The third-order valence-corrected chi connectivity index (χ3v) is 6.08. The van der Waals surface area contributed by atoms with Crippen LogP contribution in [0.25, 0.3) is 11.0 Å². The molecule has 1 atom stereocenters. The van der Waals surface area contributed by atoms with Crippen molar-refractivity contribution in [2.45, 2.75) is 32.6 Å². The van der Waals surface area contributed by atoms with Crippen LogP contribution < -0.4 is 10.9 Å². The van der Waals surface area contributed by atoms with Crippen molar-refractivity contribution in [1.82, 2.24) is 0 Å². The molecular weight excluding hydrogens is 386 g/mol. The lowest BCUT2D eigenvalue weighted by atomic mass is 9.68. The van der Waals surface area contributed by atoms with Crippen LogP contribution in [0.15, 0.2) is 69.0 Å². The third kappa shape index (κ3) is 2.90. The number of hydrogen-bond donors (Lipinski definition) is 1. The van der Waals surface area contributed by atoms with E-state index in [1.165, 1.54) is 0 Å². The second kappa shape index (κ2) is 6.33. The molecule has 29 heavy (non-hydrogen) atoms. The Kier molecular flexibility index (Phi) is 3.97. The number of carbonyl (C=O) groups is 1. The van der Waals surface area contributed by atoms with Crippen molar-refractivity contribution < 1.29 is 9.21 Å². The number of rotatable bonds is 1. The summed E-state index contributed by atoms with van der Waals surface area (Å²) < 4.78 is 5.58. The van der Waals surface area contributed by atoms with Crippen LogP contribution in [0.4, 0.5) is 5.69 Å². The second-order valence-corrected chi connectivity index (χ2v) is 9.05. The summed E-state index contributed by atoms with van der Waals surface area (Å²) in [5, 5.41) is 4.75. The predicted molar refractivity (Wildman–Crippen MR) is 114 cm³/mol. The maximum atomic E-state index is 13.3. The number of benzene rings is 2. The molecule has 0 spiro atoms. The molecule has 2 heterocycles. The number of hydrogen-bond acceptors (Lipinski definition) is 4. The first-order valence-electron chi connectivity index (χ1n) is 9.68. The zero-order valence-corrected chi connectivity index (χ0v) is 17.0. The number of carbonyl (C=O) groups excluding carboxylic acids is 1. The van der Waals surface area contributed by atoms with Crippen LogP contribution in [0.5, 0.6) is 0 Å². The van der Waals surface area contributed by atoms with Gasteiger partial charge in [-0.25, -0.2) is 4.79 Å². The number of allylic oxidation sites excluding steroid dienone is 2. The highest BCUT2D eigenvalue weighted by Gasteiger charge is 2.42. The van der Waals surface area contributed by atoms with Gasteiger partial charge < -0.3 is 9.73 Å². The summed E-state index contributed by atoms with van der Waals surface area (Å²) >= 11 is 6.12. The topological polar surface area (TPSA) is 59.3 Å². The van der Waals surface area contributed by atoms with E-state index in [1.807, 2.05) is 42.5 Å². The molecule has 0 bridgehead atoms. The summed E-state index contributed by atoms with van der Waals surface area (Å²) in [7, 11) is 0. The van der Waals surface area contributed by atoms with E-state index in [0.717, 1.165) is 27.8 Å². The highest BCUT2D eigenvalue weighted by molar-refractivity contribution is 6.30. The molecule has 5 rings (SSSR count). The average molecular weight is 406 g/mol. The molecule has 5 heteroatoms. The third-order valence-electron chi connectivity index (χ3n) is 5.83. The van der Waals surface area contributed by atoms with Crippen LogP contribution in [0.1, 0.15) is 43.7 Å². The Hall–Kier alpha value is -2.85. The molecule has 0 saturated carbocycles. The van der Waals surface area contributed by atoms with Crippen molar-refractivity contribution >= 4 is 34.0 Å². The largest absolute Gasteiger partial charge is 0.421 e. The maximum absolute atomic E-state index is 13.3. The SMILES string of the molecule is CC1(C)CC(=O)C2=C(C1)Nc1c(c3ccccc3oc1=O)C2c1ccc(Cl)cc1. The Labute approximate surface area is 173 Å². The van der Waals surface area contributed by atoms with Crippen molar-refractivity contribution in [3.8, 4) is 0 Å². The lowest BCUT2D eigenvalue weighted by Crippen LogP contribution is -2.35. The van der Waals surface area contributed by atoms with E-state index in [4.69, 9.17) is 16.0 Å². The van der Waals surface area contributed by atoms with Crippen molar-refractivity contribution in [2.75, 3.05) is 5.32 Å². The van der Waals surface area contributed by atoms with E-state index in [2.05, 4.69) is 19.2 Å². The van der Waals surface area contributed by atoms with Gasteiger partial charge in [-0.3, -0.25) is 4.79 Å². The summed E-state index contributed by atoms with van der Waals surface area (Å²) in [6, 6.07) is 15.0. The molecule has 1 aliphatic heterocycles. The van der Waals surface area contributed by atoms with Crippen molar-refractivity contribution in [2.24, 2.45) is 5.41 Å². The molecule has 146 valence electrons. The zero-order valence-electron chi connectivity index (χ0n) is 16.2. The fourth-order valence-corrected chi connectivity index (χ4v) is 4.78. The van der Waals surface area contributed by atoms with E-state index in [9.17, 15) is 9.59 Å². The normalized spacial score (nSPS) is 20.2. The molecule has 0 saturated heterocycles. The Morgan fingerprint density at radius 3 is 2.52 bits per heavy atom. The molecule has 0 amide bonds. The van der Waals surface area contributed by atoms with Gasteiger partial charge in [0.05, 0.1) is 0 Å². The van der Waals surface area contributed by atoms with E-state index in [0.29, 0.717) is 29.1 Å². The fraction of sp³-hybridized carbons (Fsp3) is 0.250. The van der Waals surface area contributed by atoms with Gasteiger partial charge in [-0.15, -0.1) is 0 Å². The highest BCUT2D eigenvalue weighted by atomic mass is 35.5. The van der Waals surface area contributed by atoms with Gasteiger partial charge >= 0.3 is 5.63 Å². The van der Waals surface area contributed by atoms with E-state index >= 15 is 0 Å². The number of anilines is 1. The number of Topliss-reactive ketones (excluding diaryl/α,β-unsaturated/α-hetero) is 1. The van der Waals surface area contributed by atoms with Gasteiger partial charge in [0, 0.05) is 39.6 Å². The maximum Gasteiger partial charge on any atom is 0.360 e. The van der Waals surface area contributed by atoms with E-state index < -0.39 is 5.63 Å². The van der Waals surface area contributed by atoms with Crippen LogP contribution >= 0.6 is 11.6 Å². The van der Waals surface area contributed by atoms with E-state index in [1.54, 1.807) is 6.07 Å². The van der Waals surface area contributed by atoms with Gasteiger partial charge in [0.1, 0.15) is 11.3 Å². The molecule has 1 N–H and O–H groups in total. The minimum atomic E-state index is -0.417. The van der Waals surface area contributed by atoms with Gasteiger partial charge in [0.2, 0.25) is 0 Å². The fourth-order valence-electron chi connectivity index (χ4n) is 4.66. The lowest BCUT2D eigenvalue weighted by molar-refractivity contribution is -0.118. The van der Waals surface area contributed by atoms with Crippen LogP contribution in [0.2, 0.25) is 5.02 Å². The first-order valence-corrected chi connectivity index (χ1v) is 10.1. The minimum Gasteiger partial charge on any atom is -0.421 e. The molecule has 1 aliphatic carbocycles. The monoisotopic (exact) mass is 405 g/mol. The van der Waals surface area contributed by atoms with Crippen LogP contribution in [0.3, 0.4) is 0 Å². The quantitative estimate of drug-likeness (QED) is 0.531. The molecule has 3 aromatic rings. The van der Waals surface area contributed by atoms with E-state index in [-0.39, 0.29) is 17.1 Å². The number of halogens is 1. The van der Waals surface area contributed by atoms with Crippen LogP contribution in [-0.4, -0.2) is 5.78 Å². The molecule has 1 aromatic heterocycles. The average Bonchev–Trinajstić information content (AvgIpc) is 2.66. The zero-order chi connectivity index (χ0) is 20.3. The Balaban J connectivity index is 1.86. The summed E-state index contributed by atoms with van der Waals surface area (Å²) in [5.74, 6) is -0.220. The first kappa shape index (κ1) is 18.2. The highest BCUT2D eigenvalue weighted by Crippen LogP contribution is 2.49. The number of ketones is 1. The molecular formula is C24H20ClNO3. The van der Waals surface area contributed by atoms with Gasteiger partial charge in [-0.05, 0) is 35.6 Å². The predicted octanol–water partition coefficient (Wildman–Crippen LogP) is 5.65. The van der Waals surface area contributed by atoms with Gasteiger partial charge in [-0.2, -0.15) is 0 Å². The number of nitrogens with one attached hydrogen (secondary N) is 1. The van der Waals surface area contributed by atoms with Gasteiger partial charge in [-0.1, -0.05) is 55.8 Å². The Morgan fingerprint density at radius 1 is 1.03 bits per heavy atom. The van der Waals surface area contributed by atoms with Crippen molar-refractivity contribution in [1.29, 1.82) is 0 Å². The first-order chi connectivity index (χ1) is 13.8. The number of para-hydroxylation sites is 1. The van der Waals surface area contributed by atoms with Crippen molar-refractivity contribution in [3.63, 3.8) is 0 Å². The standard InChI is InChI=1S/C24H20ClNO3/c1-24(2)11-16-21(17(27)12-24)19(13-7-9-14(25)10-8-13)20-15-5-3-4-6-18(15)29-23(28)22(20)26-16/h3-10,19,26H,11-12H2,1-2H3. The Bertz CT molecular complexity index is 1250. The van der Waals surface area contributed by atoms with Crippen LogP contribution in [0, 0.1) is 5.41 Å². The molecule has 1 unspecified atom stereocenters. The molecule has 4 nitrogen and oxygen atoms in total. The molecule has 0 radical (unpaired) electrons. The minimum absolute atomic E-state index is 0.117. The van der Waals surface area contributed by atoms with Crippen molar-refractivity contribution in [3.05, 3.63) is 86.4 Å². The molecule has 2 aromatic carbocycles. The smallest absolute Gasteiger partial charge is 0.360 e. The Morgan fingerprint density at radius 2 is 1.76 bits per heavy atom. The summed E-state index contributed by atoms with van der Waals surface area (Å²) in [4.78, 5) is 26.2. The second-order valence-electron chi connectivity index (χ2n) is 8.62. The molecule has 0 fully saturated rings. The van der Waals surface area contributed by atoms with Gasteiger partial charge in [0.15, 0.2) is 5.78 Å². The van der Waals surface area contributed by atoms with Crippen LogP contribution in [-0.2, 0) is 4.79 Å². The summed E-state index contributed by atoms with van der Waals surface area (Å²) in [5.41, 5.74) is 3.66.